The van der Waals surface area contributed by atoms with Crippen LogP contribution in [0.4, 0.5) is 17.1 Å². The molecule has 0 spiro atoms. The predicted molar refractivity (Wildman–Crippen MR) is 262 cm³/mol. The van der Waals surface area contributed by atoms with Crippen LogP contribution in [0.3, 0.4) is 0 Å². The van der Waals surface area contributed by atoms with Gasteiger partial charge in [0.1, 0.15) is 0 Å². The number of para-hydroxylation sites is 3. The van der Waals surface area contributed by atoms with Gasteiger partial charge in [0.25, 0.3) is 0 Å². The SMILES string of the molecule is c1cc(-c2cccc3ccccc23)cc(N(c2ccc(-c3ccc(-c4ccccc4-n4c5ccccc5c5ccccc54)cc3)cc2)c2ccc3sc4ccccc4c3c2)c1. The normalized spacial score (nSPS) is 11.6. The lowest BCUT2D eigenvalue weighted by atomic mass is 9.97. The van der Waals surface area contributed by atoms with Gasteiger partial charge < -0.3 is 9.47 Å². The van der Waals surface area contributed by atoms with Gasteiger partial charge >= 0.3 is 0 Å². The Morgan fingerprint density at radius 2 is 0.852 bits per heavy atom. The van der Waals surface area contributed by atoms with E-state index in [1.807, 2.05) is 11.3 Å². The predicted octanol–water partition coefficient (Wildman–Crippen LogP) is 16.8. The van der Waals surface area contributed by atoms with Gasteiger partial charge in [0.2, 0.25) is 0 Å². The lowest BCUT2D eigenvalue weighted by Gasteiger charge is -2.26. The van der Waals surface area contributed by atoms with Crippen molar-refractivity contribution in [1.82, 2.24) is 4.57 Å². The van der Waals surface area contributed by atoms with Gasteiger partial charge in [0.05, 0.1) is 16.7 Å². The first-order chi connectivity index (χ1) is 30.2. The fourth-order valence-corrected chi connectivity index (χ4v) is 10.4. The maximum Gasteiger partial charge on any atom is 0.0541 e. The molecule has 0 aliphatic rings. The van der Waals surface area contributed by atoms with E-state index in [-0.39, 0.29) is 0 Å². The summed E-state index contributed by atoms with van der Waals surface area (Å²) >= 11 is 1.85. The molecule has 0 saturated carbocycles. The monoisotopic (exact) mass is 794 g/mol. The van der Waals surface area contributed by atoms with E-state index in [9.17, 15) is 0 Å². The van der Waals surface area contributed by atoms with Crippen LogP contribution >= 0.6 is 11.3 Å². The number of rotatable bonds is 7. The van der Waals surface area contributed by atoms with Crippen LogP contribution in [0.5, 0.6) is 0 Å². The van der Waals surface area contributed by atoms with Crippen molar-refractivity contribution in [2.45, 2.75) is 0 Å². The van der Waals surface area contributed by atoms with Crippen LogP contribution in [0.15, 0.2) is 231 Å². The quantitative estimate of drug-likeness (QED) is 0.156. The van der Waals surface area contributed by atoms with Gasteiger partial charge in [0, 0.05) is 53.6 Å². The number of benzene rings is 10. The van der Waals surface area contributed by atoms with Gasteiger partial charge in [0.15, 0.2) is 0 Å². The molecular weight excluding hydrogens is 757 g/mol. The number of aromatic nitrogens is 1. The van der Waals surface area contributed by atoms with Crippen molar-refractivity contribution in [3.8, 4) is 39.1 Å². The summed E-state index contributed by atoms with van der Waals surface area (Å²) in [7, 11) is 0. The molecule has 0 saturated heterocycles. The van der Waals surface area contributed by atoms with Gasteiger partial charge in [-0.2, -0.15) is 0 Å². The van der Waals surface area contributed by atoms with Crippen molar-refractivity contribution in [2.75, 3.05) is 4.90 Å². The topological polar surface area (TPSA) is 8.17 Å². The molecule has 0 fully saturated rings. The summed E-state index contributed by atoms with van der Waals surface area (Å²) in [6.45, 7) is 0. The molecule has 0 aliphatic carbocycles. The molecular formula is C58H38N2S. The minimum absolute atomic E-state index is 1.11. The Bertz CT molecular complexity index is 3530. The van der Waals surface area contributed by atoms with E-state index in [2.05, 4.69) is 240 Å². The molecule has 0 amide bonds. The zero-order chi connectivity index (χ0) is 40.3. The first-order valence-electron chi connectivity index (χ1n) is 20.8. The van der Waals surface area contributed by atoms with E-state index in [1.54, 1.807) is 0 Å². The summed E-state index contributed by atoms with van der Waals surface area (Å²) in [5, 5.41) is 7.61. The van der Waals surface area contributed by atoms with Crippen LogP contribution < -0.4 is 4.90 Å². The standard InChI is InChI=1S/C58H38N2S/c1-2-17-47-41(13-1)14-12-22-48(47)43-15-11-16-45(37-43)59(46-35-36-58-53(38-46)52-21-6-10-26-57(52)61-58)44-33-31-40(32-34-44)39-27-29-42(30-28-39)49-18-3-7-23-54(49)60-55-24-8-4-19-50(55)51-20-5-9-25-56(51)60/h1-38H. The average Bonchev–Trinajstić information content (AvgIpc) is 3.87. The number of thiophene rings is 1. The minimum atomic E-state index is 1.11. The number of nitrogens with zero attached hydrogens (tertiary/aromatic N) is 2. The third-order valence-electron chi connectivity index (χ3n) is 12.2. The molecule has 2 aromatic heterocycles. The third kappa shape index (κ3) is 6.01. The van der Waals surface area contributed by atoms with Crippen molar-refractivity contribution in [3.63, 3.8) is 0 Å². The summed E-state index contributed by atoms with van der Waals surface area (Å²) in [4.78, 5) is 2.40. The highest BCUT2D eigenvalue weighted by Crippen LogP contribution is 2.43. The highest BCUT2D eigenvalue weighted by atomic mass is 32.1. The van der Waals surface area contributed by atoms with E-state index in [1.165, 1.54) is 91.8 Å². The first-order valence-corrected chi connectivity index (χ1v) is 21.6. The molecule has 2 heterocycles. The summed E-state index contributed by atoms with van der Waals surface area (Å²) in [6.07, 6.45) is 0. The highest BCUT2D eigenvalue weighted by Gasteiger charge is 2.18. The molecule has 3 heteroatoms. The van der Waals surface area contributed by atoms with Crippen molar-refractivity contribution in [3.05, 3.63) is 231 Å². The number of hydrogen-bond acceptors (Lipinski definition) is 2. The Morgan fingerprint density at radius 3 is 1.64 bits per heavy atom. The molecule has 2 nitrogen and oxygen atoms in total. The van der Waals surface area contributed by atoms with Gasteiger partial charge in [-0.3, -0.25) is 0 Å². The van der Waals surface area contributed by atoms with Crippen LogP contribution in [0.25, 0.3) is 91.8 Å². The van der Waals surface area contributed by atoms with Crippen molar-refractivity contribution in [2.24, 2.45) is 0 Å². The molecule has 0 N–H and O–H groups in total. The Kier molecular flexibility index (Phi) is 8.39. The zero-order valence-electron chi connectivity index (χ0n) is 33.2. The van der Waals surface area contributed by atoms with Crippen LogP contribution in [0.2, 0.25) is 0 Å². The Hall–Kier alpha value is -7.72. The molecule has 61 heavy (non-hydrogen) atoms. The van der Waals surface area contributed by atoms with Gasteiger partial charge in [-0.1, -0.05) is 164 Å². The molecule has 286 valence electrons. The second kappa shape index (κ2) is 14.5. The van der Waals surface area contributed by atoms with Crippen molar-refractivity contribution >= 4 is 81.1 Å². The van der Waals surface area contributed by atoms with Gasteiger partial charge in [-0.25, -0.2) is 0 Å². The van der Waals surface area contributed by atoms with Crippen molar-refractivity contribution < 1.29 is 0 Å². The Morgan fingerprint density at radius 1 is 0.311 bits per heavy atom. The second-order valence-electron chi connectivity index (χ2n) is 15.7. The zero-order valence-corrected chi connectivity index (χ0v) is 34.1. The van der Waals surface area contributed by atoms with Crippen molar-refractivity contribution in [1.29, 1.82) is 0 Å². The fourth-order valence-electron chi connectivity index (χ4n) is 9.33. The maximum atomic E-state index is 2.41. The highest BCUT2D eigenvalue weighted by molar-refractivity contribution is 7.25. The lowest BCUT2D eigenvalue weighted by molar-refractivity contribution is 1.18. The van der Waals surface area contributed by atoms with E-state index < -0.39 is 0 Å². The van der Waals surface area contributed by atoms with Crippen LogP contribution in [-0.2, 0) is 0 Å². The van der Waals surface area contributed by atoms with Crippen LogP contribution in [0.1, 0.15) is 0 Å². The molecule has 0 atom stereocenters. The van der Waals surface area contributed by atoms with Crippen LogP contribution in [0, 0.1) is 0 Å². The summed E-state index contributed by atoms with van der Waals surface area (Å²) in [5.74, 6) is 0. The first kappa shape index (κ1) is 35.2. The maximum absolute atomic E-state index is 2.41. The number of hydrogen-bond donors (Lipinski definition) is 0. The summed E-state index contributed by atoms with van der Waals surface area (Å²) in [6, 6.07) is 84.2. The summed E-state index contributed by atoms with van der Waals surface area (Å²) < 4.78 is 5.02. The smallest absolute Gasteiger partial charge is 0.0541 e. The second-order valence-corrected chi connectivity index (χ2v) is 16.8. The average molecular weight is 795 g/mol. The van der Waals surface area contributed by atoms with Crippen LogP contribution in [-0.4, -0.2) is 4.57 Å². The Balaban J connectivity index is 0.928. The molecule has 0 unspecified atom stereocenters. The number of anilines is 3. The lowest BCUT2D eigenvalue weighted by Crippen LogP contribution is -2.10. The third-order valence-corrected chi connectivity index (χ3v) is 13.4. The molecule has 12 aromatic rings. The van der Waals surface area contributed by atoms with E-state index in [4.69, 9.17) is 0 Å². The fraction of sp³-hybridized carbons (Fsp3) is 0. The van der Waals surface area contributed by atoms with Gasteiger partial charge in [-0.05, 0) is 105 Å². The van der Waals surface area contributed by atoms with E-state index in [0.717, 1.165) is 17.1 Å². The minimum Gasteiger partial charge on any atom is -0.310 e. The Labute approximate surface area is 358 Å². The molecule has 0 radical (unpaired) electrons. The molecule has 12 rings (SSSR count). The number of fused-ring (bicyclic) bond motifs is 7. The molecule has 0 bridgehead atoms. The summed E-state index contributed by atoms with van der Waals surface area (Å²) in [5.41, 5.74) is 14.1. The van der Waals surface area contributed by atoms with E-state index in [0.29, 0.717) is 0 Å². The van der Waals surface area contributed by atoms with Gasteiger partial charge in [-0.15, -0.1) is 11.3 Å². The van der Waals surface area contributed by atoms with E-state index >= 15 is 0 Å². The molecule has 0 aliphatic heterocycles. The largest absolute Gasteiger partial charge is 0.310 e. The molecule has 10 aromatic carbocycles.